The normalized spacial score (nSPS) is 10.3. The standard InChI is InChI=1S/C17H15Cl2FN2O2/c1-11(23)22(13-7-5-12(20)6-8-13)10-9-16(24)21-17-14(18)3-2-4-15(17)19/h2-8H,9-10H2,1H3,(H,21,24). The second-order valence-corrected chi connectivity index (χ2v) is 5.86. The summed E-state index contributed by atoms with van der Waals surface area (Å²) in [6.07, 6.45) is 0.0402. The largest absolute Gasteiger partial charge is 0.323 e. The van der Waals surface area contributed by atoms with Gasteiger partial charge in [-0.3, -0.25) is 9.59 Å². The summed E-state index contributed by atoms with van der Waals surface area (Å²) in [6, 6.07) is 10.4. The number of rotatable bonds is 5. The molecule has 0 aliphatic heterocycles. The second-order valence-electron chi connectivity index (χ2n) is 5.04. The number of carbonyl (C=O) groups is 2. The molecule has 0 saturated heterocycles. The summed E-state index contributed by atoms with van der Waals surface area (Å²) in [7, 11) is 0. The van der Waals surface area contributed by atoms with E-state index in [2.05, 4.69) is 5.32 Å². The number of hydrogen-bond acceptors (Lipinski definition) is 2. The minimum absolute atomic E-state index is 0.0402. The Bertz CT molecular complexity index is 731. The fourth-order valence-electron chi connectivity index (χ4n) is 2.12. The zero-order chi connectivity index (χ0) is 17.7. The fraction of sp³-hybridized carbons (Fsp3) is 0.176. The van der Waals surface area contributed by atoms with Crippen molar-refractivity contribution < 1.29 is 14.0 Å². The number of nitrogens with one attached hydrogen (secondary N) is 1. The smallest absolute Gasteiger partial charge is 0.226 e. The topological polar surface area (TPSA) is 49.4 Å². The Balaban J connectivity index is 2.03. The maximum atomic E-state index is 13.0. The number of amides is 2. The van der Waals surface area contributed by atoms with E-state index in [1.54, 1.807) is 18.2 Å². The van der Waals surface area contributed by atoms with Gasteiger partial charge in [-0.1, -0.05) is 29.3 Å². The lowest BCUT2D eigenvalue weighted by Crippen LogP contribution is -2.32. The molecule has 0 atom stereocenters. The average molecular weight is 369 g/mol. The van der Waals surface area contributed by atoms with Gasteiger partial charge in [0, 0.05) is 25.6 Å². The van der Waals surface area contributed by atoms with Crippen molar-refractivity contribution in [1.82, 2.24) is 0 Å². The predicted octanol–water partition coefficient (Wildman–Crippen LogP) is 4.51. The van der Waals surface area contributed by atoms with E-state index >= 15 is 0 Å². The molecular formula is C17H15Cl2FN2O2. The van der Waals surface area contributed by atoms with Crippen LogP contribution in [0.4, 0.5) is 15.8 Å². The second kappa shape index (κ2) is 8.13. The lowest BCUT2D eigenvalue weighted by Gasteiger charge is -2.21. The summed E-state index contributed by atoms with van der Waals surface area (Å²) in [5, 5.41) is 3.30. The minimum atomic E-state index is -0.395. The van der Waals surface area contributed by atoms with Crippen LogP contribution >= 0.6 is 23.2 Å². The molecule has 0 heterocycles. The minimum Gasteiger partial charge on any atom is -0.323 e. The number of nitrogens with zero attached hydrogens (tertiary/aromatic N) is 1. The fourth-order valence-corrected chi connectivity index (χ4v) is 2.61. The molecule has 0 radical (unpaired) electrons. The van der Waals surface area contributed by atoms with Crippen LogP contribution in [0.5, 0.6) is 0 Å². The van der Waals surface area contributed by atoms with E-state index in [0.29, 0.717) is 21.4 Å². The Labute approximate surface area is 149 Å². The number of halogens is 3. The summed E-state index contributed by atoms with van der Waals surface area (Å²) >= 11 is 12.0. The van der Waals surface area contributed by atoms with E-state index in [-0.39, 0.29) is 24.8 Å². The molecule has 0 bridgehead atoms. The molecule has 24 heavy (non-hydrogen) atoms. The highest BCUT2D eigenvalue weighted by atomic mass is 35.5. The summed E-state index contributed by atoms with van der Waals surface area (Å²) in [5.74, 6) is -0.975. The van der Waals surface area contributed by atoms with Crippen LogP contribution in [0, 0.1) is 5.82 Å². The van der Waals surface area contributed by atoms with E-state index in [9.17, 15) is 14.0 Å². The van der Waals surface area contributed by atoms with Crippen molar-refractivity contribution in [2.45, 2.75) is 13.3 Å². The highest BCUT2D eigenvalue weighted by Crippen LogP contribution is 2.29. The lowest BCUT2D eigenvalue weighted by atomic mass is 10.2. The highest BCUT2D eigenvalue weighted by Gasteiger charge is 2.15. The lowest BCUT2D eigenvalue weighted by molar-refractivity contribution is -0.117. The monoisotopic (exact) mass is 368 g/mol. The molecule has 4 nitrogen and oxygen atoms in total. The van der Waals surface area contributed by atoms with Crippen molar-refractivity contribution in [3.05, 3.63) is 58.3 Å². The van der Waals surface area contributed by atoms with Crippen molar-refractivity contribution in [2.75, 3.05) is 16.8 Å². The number of para-hydroxylation sites is 1. The first-order chi connectivity index (χ1) is 11.4. The third kappa shape index (κ3) is 4.69. The molecule has 1 N–H and O–H groups in total. The van der Waals surface area contributed by atoms with Gasteiger partial charge in [-0.05, 0) is 36.4 Å². The van der Waals surface area contributed by atoms with Crippen LogP contribution < -0.4 is 10.2 Å². The Morgan fingerprint density at radius 3 is 2.21 bits per heavy atom. The van der Waals surface area contributed by atoms with Crippen LogP contribution in [0.2, 0.25) is 10.0 Å². The van der Waals surface area contributed by atoms with Gasteiger partial charge in [-0.15, -0.1) is 0 Å². The van der Waals surface area contributed by atoms with Gasteiger partial charge in [0.1, 0.15) is 5.82 Å². The summed E-state index contributed by atoms with van der Waals surface area (Å²) in [5.41, 5.74) is 0.856. The van der Waals surface area contributed by atoms with Crippen LogP contribution in [0.15, 0.2) is 42.5 Å². The Hall–Kier alpha value is -2.11. The van der Waals surface area contributed by atoms with Crippen molar-refractivity contribution >= 4 is 46.4 Å². The Kier molecular flexibility index (Phi) is 6.17. The molecule has 0 saturated carbocycles. The van der Waals surface area contributed by atoms with E-state index in [1.807, 2.05) is 0 Å². The van der Waals surface area contributed by atoms with Crippen molar-refractivity contribution in [3.63, 3.8) is 0 Å². The van der Waals surface area contributed by atoms with E-state index in [0.717, 1.165) is 0 Å². The predicted molar refractivity (Wildman–Crippen MR) is 94.1 cm³/mol. The van der Waals surface area contributed by atoms with Crippen LogP contribution in [-0.2, 0) is 9.59 Å². The molecule has 7 heteroatoms. The summed E-state index contributed by atoms with van der Waals surface area (Å²) < 4.78 is 13.0. The number of anilines is 2. The van der Waals surface area contributed by atoms with E-state index in [1.165, 1.54) is 36.1 Å². The van der Waals surface area contributed by atoms with Crippen LogP contribution in [0.3, 0.4) is 0 Å². The third-order valence-corrected chi connectivity index (χ3v) is 3.94. The van der Waals surface area contributed by atoms with Crippen molar-refractivity contribution in [3.8, 4) is 0 Å². The van der Waals surface area contributed by atoms with Crippen molar-refractivity contribution in [2.24, 2.45) is 0 Å². The van der Waals surface area contributed by atoms with Crippen LogP contribution in [-0.4, -0.2) is 18.4 Å². The van der Waals surface area contributed by atoms with Gasteiger partial charge < -0.3 is 10.2 Å². The summed E-state index contributed by atoms with van der Waals surface area (Å²) in [6.45, 7) is 1.53. The highest BCUT2D eigenvalue weighted by molar-refractivity contribution is 6.39. The zero-order valence-electron chi connectivity index (χ0n) is 12.9. The first kappa shape index (κ1) is 18.2. The molecule has 126 valence electrons. The SMILES string of the molecule is CC(=O)N(CCC(=O)Nc1c(Cl)cccc1Cl)c1ccc(F)cc1. The van der Waals surface area contributed by atoms with Crippen LogP contribution in [0.25, 0.3) is 0 Å². The third-order valence-electron chi connectivity index (χ3n) is 3.31. The molecule has 0 fully saturated rings. The molecule has 2 aromatic carbocycles. The first-order valence-electron chi connectivity index (χ1n) is 7.16. The van der Waals surface area contributed by atoms with Gasteiger partial charge in [0.2, 0.25) is 11.8 Å². The zero-order valence-corrected chi connectivity index (χ0v) is 14.4. The van der Waals surface area contributed by atoms with E-state index in [4.69, 9.17) is 23.2 Å². The van der Waals surface area contributed by atoms with Gasteiger partial charge in [0.05, 0.1) is 15.7 Å². The number of carbonyl (C=O) groups excluding carboxylic acids is 2. The van der Waals surface area contributed by atoms with Gasteiger partial charge in [0.25, 0.3) is 0 Å². The van der Waals surface area contributed by atoms with Gasteiger partial charge in [-0.25, -0.2) is 4.39 Å². The molecule has 0 spiro atoms. The first-order valence-corrected chi connectivity index (χ1v) is 7.91. The van der Waals surface area contributed by atoms with Gasteiger partial charge >= 0.3 is 0 Å². The molecule has 0 aliphatic rings. The van der Waals surface area contributed by atoms with Crippen LogP contribution in [0.1, 0.15) is 13.3 Å². The number of hydrogen-bond donors (Lipinski definition) is 1. The maximum Gasteiger partial charge on any atom is 0.226 e. The quantitative estimate of drug-likeness (QED) is 0.843. The molecule has 2 amide bonds. The molecule has 2 aromatic rings. The van der Waals surface area contributed by atoms with E-state index < -0.39 is 5.82 Å². The molecular weight excluding hydrogens is 354 g/mol. The Morgan fingerprint density at radius 2 is 1.67 bits per heavy atom. The summed E-state index contributed by atoms with van der Waals surface area (Å²) in [4.78, 5) is 25.3. The van der Waals surface area contributed by atoms with Gasteiger partial charge in [-0.2, -0.15) is 0 Å². The maximum absolute atomic E-state index is 13.0. The van der Waals surface area contributed by atoms with Gasteiger partial charge in [0.15, 0.2) is 0 Å². The molecule has 0 aromatic heterocycles. The molecule has 0 aliphatic carbocycles. The molecule has 0 unspecified atom stereocenters. The van der Waals surface area contributed by atoms with Crippen molar-refractivity contribution in [1.29, 1.82) is 0 Å². The molecule has 2 rings (SSSR count). The number of benzene rings is 2. The Morgan fingerprint density at radius 1 is 1.08 bits per heavy atom. The average Bonchev–Trinajstić information content (AvgIpc) is 2.52.